The Kier molecular flexibility index (Phi) is 4.61. The highest BCUT2D eigenvalue weighted by molar-refractivity contribution is 14.1. The van der Waals surface area contributed by atoms with Crippen molar-refractivity contribution in [2.45, 2.75) is 38.4 Å². The zero-order valence-electron chi connectivity index (χ0n) is 9.67. The lowest BCUT2D eigenvalue weighted by Crippen LogP contribution is -2.36. The molecule has 0 aromatic heterocycles. The van der Waals surface area contributed by atoms with Gasteiger partial charge in [-0.3, -0.25) is 0 Å². The van der Waals surface area contributed by atoms with Gasteiger partial charge >= 0.3 is 0 Å². The van der Waals surface area contributed by atoms with Crippen molar-refractivity contribution in [2.24, 2.45) is 0 Å². The maximum atomic E-state index is 3.56. The Morgan fingerprint density at radius 1 is 1.38 bits per heavy atom. The van der Waals surface area contributed by atoms with E-state index in [-0.39, 0.29) is 0 Å². The zero-order chi connectivity index (χ0) is 11.4. The Morgan fingerprint density at radius 3 is 2.81 bits per heavy atom. The van der Waals surface area contributed by atoms with Gasteiger partial charge in [0.15, 0.2) is 0 Å². The van der Waals surface area contributed by atoms with Gasteiger partial charge in [-0.05, 0) is 54.0 Å². The predicted octanol–water partition coefficient (Wildman–Crippen LogP) is 2.52. The average molecular weight is 330 g/mol. The van der Waals surface area contributed by atoms with Crippen molar-refractivity contribution in [3.63, 3.8) is 0 Å². The highest BCUT2D eigenvalue weighted by Crippen LogP contribution is 2.18. The van der Waals surface area contributed by atoms with Crippen LogP contribution in [0.3, 0.4) is 0 Å². The van der Waals surface area contributed by atoms with E-state index in [2.05, 4.69) is 64.4 Å². The van der Waals surface area contributed by atoms with E-state index in [1.54, 1.807) is 0 Å². The minimum absolute atomic E-state index is 0.539. The molecule has 1 saturated carbocycles. The summed E-state index contributed by atoms with van der Waals surface area (Å²) in [6.07, 6.45) is 2.73. The van der Waals surface area contributed by atoms with Gasteiger partial charge < -0.3 is 10.6 Å². The maximum Gasteiger partial charge on any atom is 0.0219 e. The number of hydrogen-bond donors (Lipinski definition) is 2. The van der Waals surface area contributed by atoms with Crippen molar-refractivity contribution >= 4 is 22.6 Å². The molecule has 3 heteroatoms. The molecule has 2 nitrogen and oxygen atoms in total. The first-order chi connectivity index (χ1) is 7.75. The Hall–Kier alpha value is -0.130. The lowest BCUT2D eigenvalue weighted by molar-refractivity contribution is 0.499. The van der Waals surface area contributed by atoms with Crippen molar-refractivity contribution in [1.29, 1.82) is 0 Å². The van der Waals surface area contributed by atoms with E-state index in [1.807, 2.05) is 0 Å². The number of benzene rings is 1. The van der Waals surface area contributed by atoms with E-state index in [1.165, 1.54) is 22.0 Å². The highest BCUT2D eigenvalue weighted by Gasteiger charge is 2.20. The molecule has 2 rings (SSSR count). The van der Waals surface area contributed by atoms with E-state index >= 15 is 0 Å². The van der Waals surface area contributed by atoms with Crippen molar-refractivity contribution in [3.8, 4) is 0 Å². The van der Waals surface area contributed by atoms with Crippen LogP contribution < -0.4 is 10.6 Å². The molecule has 1 aliphatic rings. The van der Waals surface area contributed by atoms with Crippen LogP contribution in [-0.4, -0.2) is 18.6 Å². The third kappa shape index (κ3) is 4.03. The number of rotatable bonds is 6. The minimum Gasteiger partial charge on any atom is -0.312 e. The summed E-state index contributed by atoms with van der Waals surface area (Å²) in [6, 6.07) is 9.88. The second-order valence-corrected chi connectivity index (χ2v) is 5.72. The smallest absolute Gasteiger partial charge is 0.0219 e. The molecule has 0 heterocycles. The zero-order valence-corrected chi connectivity index (χ0v) is 11.8. The first kappa shape index (κ1) is 12.3. The van der Waals surface area contributed by atoms with Gasteiger partial charge in [0.1, 0.15) is 0 Å². The third-order valence-electron chi connectivity index (χ3n) is 2.89. The fourth-order valence-electron chi connectivity index (χ4n) is 1.63. The van der Waals surface area contributed by atoms with Gasteiger partial charge in [-0.25, -0.2) is 0 Å². The summed E-state index contributed by atoms with van der Waals surface area (Å²) in [7, 11) is 0. The third-order valence-corrected chi connectivity index (χ3v) is 3.94. The van der Waals surface area contributed by atoms with Gasteiger partial charge in [0.05, 0.1) is 0 Å². The van der Waals surface area contributed by atoms with E-state index in [4.69, 9.17) is 0 Å². The fraction of sp³-hybridized carbons (Fsp3) is 0.538. The summed E-state index contributed by atoms with van der Waals surface area (Å²) >= 11 is 2.39. The standard InChI is InChI=1S/C13H19IN2/c1-10(8-16-12-6-7-12)15-9-11-4-2-3-5-13(11)14/h2-5,10,12,15-16H,6-9H2,1H3. The van der Waals surface area contributed by atoms with Gasteiger partial charge in [-0.15, -0.1) is 0 Å². The van der Waals surface area contributed by atoms with Crippen molar-refractivity contribution < 1.29 is 0 Å². The summed E-state index contributed by atoms with van der Waals surface area (Å²) < 4.78 is 1.34. The van der Waals surface area contributed by atoms with E-state index in [0.29, 0.717) is 6.04 Å². The molecule has 0 radical (unpaired) electrons. The molecule has 1 fully saturated rings. The van der Waals surface area contributed by atoms with E-state index < -0.39 is 0 Å². The van der Waals surface area contributed by atoms with Crippen molar-refractivity contribution in [3.05, 3.63) is 33.4 Å². The molecule has 1 aliphatic carbocycles. The molecule has 1 atom stereocenters. The monoisotopic (exact) mass is 330 g/mol. The molecule has 2 N–H and O–H groups in total. The molecular weight excluding hydrogens is 311 g/mol. The van der Waals surface area contributed by atoms with Crippen LogP contribution in [0.2, 0.25) is 0 Å². The van der Waals surface area contributed by atoms with Gasteiger partial charge in [0.25, 0.3) is 0 Å². The normalized spacial score (nSPS) is 17.4. The summed E-state index contributed by atoms with van der Waals surface area (Å²) in [5.41, 5.74) is 1.39. The molecule has 0 bridgehead atoms. The lowest BCUT2D eigenvalue weighted by Gasteiger charge is -2.15. The highest BCUT2D eigenvalue weighted by atomic mass is 127. The minimum atomic E-state index is 0.539. The van der Waals surface area contributed by atoms with Gasteiger partial charge in [-0.2, -0.15) is 0 Å². The Morgan fingerprint density at radius 2 is 2.12 bits per heavy atom. The van der Waals surface area contributed by atoms with Crippen LogP contribution in [0.4, 0.5) is 0 Å². The van der Waals surface area contributed by atoms with Crippen LogP contribution >= 0.6 is 22.6 Å². The first-order valence-corrected chi connectivity index (χ1v) is 7.04. The van der Waals surface area contributed by atoms with Gasteiger partial charge in [0, 0.05) is 28.7 Å². The van der Waals surface area contributed by atoms with Crippen molar-refractivity contribution in [1.82, 2.24) is 10.6 Å². The van der Waals surface area contributed by atoms with Crippen LogP contribution in [-0.2, 0) is 6.54 Å². The molecule has 1 aromatic carbocycles. The molecule has 0 aliphatic heterocycles. The van der Waals surface area contributed by atoms with Crippen LogP contribution in [0.1, 0.15) is 25.3 Å². The topological polar surface area (TPSA) is 24.1 Å². The van der Waals surface area contributed by atoms with Crippen LogP contribution in [0.25, 0.3) is 0 Å². The van der Waals surface area contributed by atoms with Crippen LogP contribution in [0.5, 0.6) is 0 Å². The second-order valence-electron chi connectivity index (χ2n) is 4.56. The van der Waals surface area contributed by atoms with Crippen LogP contribution in [0, 0.1) is 3.57 Å². The summed E-state index contributed by atoms with van der Waals surface area (Å²) in [6.45, 7) is 4.28. The number of halogens is 1. The Bertz CT molecular complexity index is 336. The fourth-order valence-corrected chi connectivity index (χ4v) is 2.21. The molecule has 0 amide bonds. The quantitative estimate of drug-likeness (QED) is 0.784. The van der Waals surface area contributed by atoms with Gasteiger partial charge in [0.2, 0.25) is 0 Å². The predicted molar refractivity (Wildman–Crippen MR) is 76.5 cm³/mol. The molecule has 88 valence electrons. The summed E-state index contributed by atoms with van der Waals surface area (Å²) in [4.78, 5) is 0. The SMILES string of the molecule is CC(CNC1CC1)NCc1ccccc1I. The second kappa shape index (κ2) is 5.98. The van der Waals surface area contributed by atoms with E-state index in [0.717, 1.165) is 19.1 Å². The van der Waals surface area contributed by atoms with Crippen molar-refractivity contribution in [2.75, 3.05) is 6.54 Å². The number of nitrogens with one attached hydrogen (secondary N) is 2. The Balaban J connectivity index is 1.71. The van der Waals surface area contributed by atoms with E-state index in [9.17, 15) is 0 Å². The molecule has 0 saturated heterocycles. The first-order valence-electron chi connectivity index (χ1n) is 5.96. The molecule has 16 heavy (non-hydrogen) atoms. The molecule has 0 spiro atoms. The summed E-state index contributed by atoms with van der Waals surface area (Å²) in [5, 5.41) is 7.10. The average Bonchev–Trinajstić information content (AvgIpc) is 3.09. The van der Waals surface area contributed by atoms with Crippen LogP contribution in [0.15, 0.2) is 24.3 Å². The molecular formula is C13H19IN2. The summed E-state index contributed by atoms with van der Waals surface area (Å²) in [5.74, 6) is 0. The van der Waals surface area contributed by atoms with Gasteiger partial charge in [-0.1, -0.05) is 18.2 Å². The Labute approximate surface area is 111 Å². The largest absolute Gasteiger partial charge is 0.312 e. The number of hydrogen-bond acceptors (Lipinski definition) is 2. The maximum absolute atomic E-state index is 3.56. The molecule has 1 unspecified atom stereocenters. The molecule has 1 aromatic rings. The lowest BCUT2D eigenvalue weighted by atomic mass is 10.2.